The Morgan fingerprint density at radius 2 is 2.00 bits per heavy atom. The van der Waals surface area contributed by atoms with Crippen LogP contribution in [0.4, 0.5) is 15.9 Å². The lowest BCUT2D eigenvalue weighted by molar-refractivity contribution is 0.0730. The summed E-state index contributed by atoms with van der Waals surface area (Å²) in [5.41, 5.74) is 1.05. The van der Waals surface area contributed by atoms with Crippen LogP contribution in [0.1, 0.15) is 25.7 Å². The van der Waals surface area contributed by atoms with E-state index in [0.29, 0.717) is 39.6 Å². The summed E-state index contributed by atoms with van der Waals surface area (Å²) in [7, 11) is 0. The van der Waals surface area contributed by atoms with Gasteiger partial charge in [0.1, 0.15) is 24.9 Å². The summed E-state index contributed by atoms with van der Waals surface area (Å²) < 4.78 is 27.1. The molecule has 0 aliphatic carbocycles. The predicted molar refractivity (Wildman–Crippen MR) is 122 cm³/mol. The lowest BCUT2D eigenvalue weighted by Gasteiger charge is -2.31. The molecule has 0 bridgehead atoms. The van der Waals surface area contributed by atoms with Gasteiger partial charge in [0, 0.05) is 24.4 Å². The topological polar surface area (TPSA) is 59.5 Å². The number of aromatic nitrogens is 2. The lowest BCUT2D eigenvalue weighted by Crippen LogP contribution is -2.36. The molecule has 2 aromatic carbocycles. The summed E-state index contributed by atoms with van der Waals surface area (Å²) in [5, 5.41) is 3.83. The first-order chi connectivity index (χ1) is 15.2. The van der Waals surface area contributed by atoms with Gasteiger partial charge in [0.2, 0.25) is 0 Å². The van der Waals surface area contributed by atoms with Gasteiger partial charge in [-0.3, -0.25) is 0 Å². The van der Waals surface area contributed by atoms with Crippen molar-refractivity contribution in [2.24, 2.45) is 0 Å². The molecule has 2 aliphatic rings. The molecule has 5 rings (SSSR count). The Morgan fingerprint density at radius 1 is 1.13 bits per heavy atom. The highest BCUT2D eigenvalue weighted by atomic mass is 79.9. The highest BCUT2D eigenvalue weighted by Gasteiger charge is 2.24. The lowest BCUT2D eigenvalue weighted by atomic mass is 10.1. The average molecular weight is 487 g/mol. The van der Waals surface area contributed by atoms with Gasteiger partial charge in [-0.05, 0) is 60.1 Å². The zero-order valence-electron chi connectivity index (χ0n) is 17.1. The second-order valence-electron chi connectivity index (χ2n) is 8.01. The van der Waals surface area contributed by atoms with Crippen LogP contribution in [0.5, 0.6) is 11.5 Å². The van der Waals surface area contributed by atoms with Gasteiger partial charge in [0.15, 0.2) is 17.3 Å². The van der Waals surface area contributed by atoms with E-state index in [4.69, 9.17) is 9.47 Å². The molecule has 0 spiro atoms. The fraction of sp³-hybridized carbons (Fsp3) is 0.391. The van der Waals surface area contributed by atoms with Crippen LogP contribution in [0.3, 0.4) is 0 Å². The van der Waals surface area contributed by atoms with Crippen molar-refractivity contribution in [1.29, 1.82) is 0 Å². The van der Waals surface area contributed by atoms with Crippen molar-refractivity contribution in [2.75, 3.05) is 31.6 Å². The van der Waals surface area contributed by atoms with Crippen LogP contribution >= 0.6 is 15.9 Å². The van der Waals surface area contributed by atoms with Gasteiger partial charge in [0.05, 0.1) is 15.7 Å². The SMILES string of the molecule is Fc1c(Br)cccc1Nc1ncnc2cc3c(cc12)OC(CCN1CCCCC1)CO3. The number of nitrogens with one attached hydrogen (secondary N) is 1. The normalized spacial score (nSPS) is 18.8. The second-order valence-corrected chi connectivity index (χ2v) is 8.86. The molecule has 1 fully saturated rings. The summed E-state index contributed by atoms with van der Waals surface area (Å²) >= 11 is 3.22. The van der Waals surface area contributed by atoms with Crippen molar-refractivity contribution in [3.05, 3.63) is 46.9 Å². The molecule has 3 aromatic rings. The number of halogens is 2. The van der Waals surface area contributed by atoms with Crippen molar-refractivity contribution in [3.8, 4) is 11.5 Å². The average Bonchev–Trinajstić information content (AvgIpc) is 2.80. The van der Waals surface area contributed by atoms with Gasteiger partial charge >= 0.3 is 0 Å². The van der Waals surface area contributed by atoms with E-state index >= 15 is 0 Å². The first kappa shape index (κ1) is 20.5. The van der Waals surface area contributed by atoms with E-state index < -0.39 is 0 Å². The molecule has 3 heterocycles. The molecule has 1 unspecified atom stereocenters. The molecule has 1 atom stereocenters. The van der Waals surface area contributed by atoms with E-state index in [2.05, 4.69) is 36.1 Å². The number of ether oxygens (including phenoxy) is 2. The minimum Gasteiger partial charge on any atom is -0.486 e. The Balaban J connectivity index is 1.37. The van der Waals surface area contributed by atoms with Crippen LogP contribution in [-0.4, -0.2) is 47.2 Å². The van der Waals surface area contributed by atoms with Gasteiger partial charge in [-0.1, -0.05) is 12.5 Å². The molecule has 6 nitrogen and oxygen atoms in total. The zero-order chi connectivity index (χ0) is 21.2. The Morgan fingerprint density at radius 3 is 2.87 bits per heavy atom. The molecular formula is C23H24BrFN4O2. The Bertz CT molecular complexity index is 1090. The second kappa shape index (κ2) is 8.96. The highest BCUT2D eigenvalue weighted by Crippen LogP contribution is 2.38. The number of fused-ring (bicyclic) bond motifs is 2. The highest BCUT2D eigenvalue weighted by molar-refractivity contribution is 9.10. The van der Waals surface area contributed by atoms with Crippen LogP contribution in [-0.2, 0) is 0 Å². The van der Waals surface area contributed by atoms with E-state index in [9.17, 15) is 4.39 Å². The quantitative estimate of drug-likeness (QED) is 0.528. The summed E-state index contributed by atoms with van der Waals surface area (Å²) in [4.78, 5) is 11.2. The summed E-state index contributed by atoms with van der Waals surface area (Å²) in [6, 6.07) is 8.84. The van der Waals surface area contributed by atoms with Crippen molar-refractivity contribution < 1.29 is 13.9 Å². The maximum atomic E-state index is 14.4. The molecular weight excluding hydrogens is 463 g/mol. The summed E-state index contributed by atoms with van der Waals surface area (Å²) in [6.45, 7) is 3.90. The van der Waals surface area contributed by atoms with E-state index in [-0.39, 0.29) is 11.9 Å². The van der Waals surface area contributed by atoms with Crippen LogP contribution in [0, 0.1) is 5.82 Å². The van der Waals surface area contributed by atoms with Crippen LogP contribution < -0.4 is 14.8 Å². The third-order valence-corrected chi connectivity index (χ3v) is 6.45. The zero-order valence-corrected chi connectivity index (χ0v) is 18.7. The van der Waals surface area contributed by atoms with Gasteiger partial charge in [0.25, 0.3) is 0 Å². The van der Waals surface area contributed by atoms with Crippen LogP contribution in [0.15, 0.2) is 41.1 Å². The van der Waals surface area contributed by atoms with E-state index in [1.807, 2.05) is 12.1 Å². The number of hydrogen-bond donors (Lipinski definition) is 1. The van der Waals surface area contributed by atoms with Crippen molar-refractivity contribution >= 4 is 38.3 Å². The van der Waals surface area contributed by atoms with E-state index in [1.54, 1.807) is 18.2 Å². The molecule has 1 aromatic heterocycles. The molecule has 0 saturated carbocycles. The first-order valence-corrected chi connectivity index (χ1v) is 11.5. The maximum absolute atomic E-state index is 14.4. The van der Waals surface area contributed by atoms with Crippen LogP contribution in [0.25, 0.3) is 10.9 Å². The number of nitrogens with zero attached hydrogens (tertiary/aromatic N) is 3. The third kappa shape index (κ3) is 4.45. The van der Waals surface area contributed by atoms with Crippen molar-refractivity contribution in [3.63, 3.8) is 0 Å². The molecule has 2 aliphatic heterocycles. The van der Waals surface area contributed by atoms with Gasteiger partial charge in [-0.25, -0.2) is 14.4 Å². The Kier molecular flexibility index (Phi) is 5.91. The van der Waals surface area contributed by atoms with E-state index in [0.717, 1.165) is 18.4 Å². The minimum atomic E-state index is -0.371. The predicted octanol–water partition coefficient (Wildman–Crippen LogP) is 5.29. The third-order valence-electron chi connectivity index (χ3n) is 5.84. The fourth-order valence-corrected chi connectivity index (χ4v) is 4.51. The smallest absolute Gasteiger partial charge is 0.163 e. The molecule has 1 saturated heterocycles. The number of piperidine rings is 1. The molecule has 1 N–H and O–H groups in total. The van der Waals surface area contributed by atoms with Gasteiger partial charge < -0.3 is 19.7 Å². The largest absolute Gasteiger partial charge is 0.486 e. The van der Waals surface area contributed by atoms with Crippen molar-refractivity contribution in [1.82, 2.24) is 14.9 Å². The Hall–Kier alpha value is -2.45. The molecule has 0 radical (unpaired) electrons. The van der Waals surface area contributed by atoms with E-state index in [1.165, 1.54) is 38.7 Å². The molecule has 162 valence electrons. The molecule has 31 heavy (non-hydrogen) atoms. The number of anilines is 2. The number of benzene rings is 2. The standard InChI is InChI=1S/C23H24BrFN4O2/c24-17-5-4-6-18(22(17)25)28-23-16-11-21-20(12-19(16)26-14-27-23)30-13-15(31-21)7-10-29-8-2-1-3-9-29/h4-6,11-12,14-15H,1-3,7-10,13H2,(H,26,27,28). The monoisotopic (exact) mass is 486 g/mol. The summed E-state index contributed by atoms with van der Waals surface area (Å²) in [6.07, 6.45) is 6.30. The van der Waals surface area contributed by atoms with Gasteiger partial charge in [-0.15, -0.1) is 0 Å². The Labute approximate surface area is 188 Å². The summed E-state index contributed by atoms with van der Waals surface area (Å²) in [5.74, 6) is 1.50. The number of rotatable bonds is 5. The number of hydrogen-bond acceptors (Lipinski definition) is 6. The first-order valence-electron chi connectivity index (χ1n) is 10.7. The van der Waals surface area contributed by atoms with Gasteiger partial charge in [-0.2, -0.15) is 0 Å². The number of likely N-dealkylation sites (tertiary alicyclic amines) is 1. The minimum absolute atomic E-state index is 0.00967. The van der Waals surface area contributed by atoms with Crippen LogP contribution in [0.2, 0.25) is 0 Å². The fourth-order valence-electron chi connectivity index (χ4n) is 4.14. The molecule has 8 heteroatoms. The van der Waals surface area contributed by atoms with Crippen molar-refractivity contribution in [2.45, 2.75) is 31.8 Å². The maximum Gasteiger partial charge on any atom is 0.163 e. The molecule has 0 amide bonds.